The number of carbonyl (C=O) groups is 1. The lowest BCUT2D eigenvalue weighted by Gasteiger charge is -2.11. The van der Waals surface area contributed by atoms with Gasteiger partial charge in [-0.25, -0.2) is 4.98 Å². The summed E-state index contributed by atoms with van der Waals surface area (Å²) >= 11 is 5.80. The number of benzene rings is 1. The number of aromatic nitrogens is 1. The lowest BCUT2D eigenvalue weighted by atomic mass is 10.2. The fourth-order valence-electron chi connectivity index (χ4n) is 1.79. The van der Waals surface area contributed by atoms with E-state index in [2.05, 4.69) is 20.5 Å². The van der Waals surface area contributed by atoms with E-state index in [9.17, 15) is 4.79 Å². The Morgan fingerprint density at radius 2 is 1.91 bits per heavy atom. The van der Waals surface area contributed by atoms with Crippen molar-refractivity contribution in [3.05, 3.63) is 53.2 Å². The normalized spacial score (nSPS) is 10.5. The molecule has 0 unspecified atom stereocenters. The molecule has 5 nitrogen and oxygen atoms in total. The first-order chi connectivity index (χ1) is 10.5. The van der Waals surface area contributed by atoms with Gasteiger partial charge in [0.05, 0.1) is 11.9 Å². The molecule has 6 heteroatoms. The molecule has 0 aliphatic rings. The van der Waals surface area contributed by atoms with Gasteiger partial charge in [-0.1, -0.05) is 11.6 Å². The molecule has 116 valence electrons. The van der Waals surface area contributed by atoms with Crippen LogP contribution in [0.5, 0.6) is 0 Å². The highest BCUT2D eigenvalue weighted by Crippen LogP contribution is 2.13. The molecule has 2 rings (SSSR count). The highest BCUT2D eigenvalue weighted by atomic mass is 35.5. The van der Waals surface area contributed by atoms with Gasteiger partial charge in [0, 0.05) is 23.7 Å². The van der Waals surface area contributed by atoms with Gasteiger partial charge < -0.3 is 15.5 Å². The first-order valence-corrected chi connectivity index (χ1v) is 7.34. The van der Waals surface area contributed by atoms with Gasteiger partial charge in [0.15, 0.2) is 0 Å². The fraction of sp³-hybridized carbons (Fsp3) is 0.250. The van der Waals surface area contributed by atoms with Crippen LogP contribution in [0.3, 0.4) is 0 Å². The van der Waals surface area contributed by atoms with Crippen molar-refractivity contribution in [2.75, 3.05) is 37.8 Å². The van der Waals surface area contributed by atoms with Crippen LogP contribution in [0, 0.1) is 0 Å². The van der Waals surface area contributed by atoms with E-state index in [1.54, 1.807) is 36.5 Å². The molecule has 22 heavy (non-hydrogen) atoms. The monoisotopic (exact) mass is 318 g/mol. The van der Waals surface area contributed by atoms with Crippen LogP contribution in [0.4, 0.5) is 11.5 Å². The van der Waals surface area contributed by atoms with Crippen molar-refractivity contribution in [3.63, 3.8) is 0 Å². The zero-order chi connectivity index (χ0) is 15.9. The summed E-state index contributed by atoms with van der Waals surface area (Å²) in [4.78, 5) is 18.4. The minimum absolute atomic E-state index is 0.211. The Balaban J connectivity index is 1.90. The molecule has 2 aromatic rings. The average molecular weight is 319 g/mol. The third kappa shape index (κ3) is 5.02. The van der Waals surface area contributed by atoms with Gasteiger partial charge in [-0.3, -0.25) is 4.79 Å². The molecular formula is C16H19ClN4O. The summed E-state index contributed by atoms with van der Waals surface area (Å²) in [5, 5.41) is 6.61. The summed E-state index contributed by atoms with van der Waals surface area (Å²) in [6.07, 6.45) is 1.70. The molecule has 2 N–H and O–H groups in total. The van der Waals surface area contributed by atoms with Crippen LogP contribution < -0.4 is 10.6 Å². The molecule has 0 saturated carbocycles. The molecule has 1 aromatic carbocycles. The predicted molar refractivity (Wildman–Crippen MR) is 90.7 cm³/mol. The Hall–Kier alpha value is -2.11. The fourth-order valence-corrected chi connectivity index (χ4v) is 1.91. The van der Waals surface area contributed by atoms with Crippen molar-refractivity contribution in [2.24, 2.45) is 0 Å². The van der Waals surface area contributed by atoms with Crippen molar-refractivity contribution in [1.29, 1.82) is 0 Å². The topological polar surface area (TPSA) is 57.3 Å². The number of anilines is 2. The van der Waals surface area contributed by atoms with E-state index in [1.165, 1.54) is 0 Å². The van der Waals surface area contributed by atoms with E-state index in [-0.39, 0.29) is 5.91 Å². The number of amides is 1. The maximum absolute atomic E-state index is 12.0. The Bertz CT molecular complexity index is 611. The number of pyridine rings is 1. The summed E-state index contributed by atoms with van der Waals surface area (Å²) in [5.41, 5.74) is 1.46. The number of hydrogen-bond donors (Lipinski definition) is 2. The van der Waals surface area contributed by atoms with Gasteiger partial charge in [-0.05, 0) is 50.5 Å². The Kier molecular flexibility index (Phi) is 5.75. The average Bonchev–Trinajstić information content (AvgIpc) is 2.49. The van der Waals surface area contributed by atoms with Crippen LogP contribution in [0.2, 0.25) is 5.02 Å². The SMILES string of the molecule is CN(C)CCNc1ccc(NC(=O)c2ccc(Cl)cc2)nc1. The van der Waals surface area contributed by atoms with Gasteiger partial charge >= 0.3 is 0 Å². The molecule has 0 fully saturated rings. The molecule has 0 atom stereocenters. The summed E-state index contributed by atoms with van der Waals surface area (Å²) in [6.45, 7) is 1.78. The Labute approximate surface area is 135 Å². The number of rotatable bonds is 6. The van der Waals surface area contributed by atoms with Gasteiger partial charge in [-0.15, -0.1) is 0 Å². The lowest BCUT2D eigenvalue weighted by Crippen LogP contribution is -2.20. The maximum Gasteiger partial charge on any atom is 0.256 e. The van der Waals surface area contributed by atoms with E-state index in [4.69, 9.17) is 11.6 Å². The van der Waals surface area contributed by atoms with Crippen molar-refractivity contribution in [1.82, 2.24) is 9.88 Å². The van der Waals surface area contributed by atoms with Crippen LogP contribution in [0.15, 0.2) is 42.6 Å². The maximum atomic E-state index is 12.0. The minimum atomic E-state index is -0.211. The standard InChI is InChI=1S/C16H19ClN4O/c1-21(2)10-9-18-14-7-8-15(19-11-14)20-16(22)12-3-5-13(17)6-4-12/h3-8,11,18H,9-10H2,1-2H3,(H,19,20,22). The molecule has 0 bridgehead atoms. The first-order valence-electron chi connectivity index (χ1n) is 6.96. The summed E-state index contributed by atoms with van der Waals surface area (Å²) in [5.74, 6) is 0.301. The Morgan fingerprint density at radius 3 is 2.50 bits per heavy atom. The molecule has 0 spiro atoms. The van der Waals surface area contributed by atoms with Crippen molar-refractivity contribution in [2.45, 2.75) is 0 Å². The van der Waals surface area contributed by atoms with Crippen LogP contribution in [-0.2, 0) is 0 Å². The number of nitrogens with zero attached hydrogens (tertiary/aromatic N) is 2. The van der Waals surface area contributed by atoms with Crippen LogP contribution >= 0.6 is 11.6 Å². The summed E-state index contributed by atoms with van der Waals surface area (Å²) in [7, 11) is 4.05. The highest BCUT2D eigenvalue weighted by molar-refractivity contribution is 6.30. The largest absolute Gasteiger partial charge is 0.383 e. The van der Waals surface area contributed by atoms with E-state index >= 15 is 0 Å². The third-order valence-corrected chi connectivity index (χ3v) is 3.25. The van der Waals surface area contributed by atoms with Crippen molar-refractivity contribution >= 4 is 29.0 Å². The number of likely N-dealkylation sites (N-methyl/N-ethyl adjacent to an activating group) is 1. The van der Waals surface area contributed by atoms with Crippen LogP contribution in [0.25, 0.3) is 0 Å². The summed E-state index contributed by atoms with van der Waals surface area (Å²) < 4.78 is 0. The molecule has 0 radical (unpaired) electrons. The van der Waals surface area contributed by atoms with E-state index in [0.717, 1.165) is 18.8 Å². The Morgan fingerprint density at radius 1 is 1.18 bits per heavy atom. The second kappa shape index (κ2) is 7.77. The van der Waals surface area contributed by atoms with E-state index in [0.29, 0.717) is 16.4 Å². The van der Waals surface area contributed by atoms with Gasteiger partial charge in [-0.2, -0.15) is 0 Å². The number of carbonyl (C=O) groups excluding carboxylic acids is 1. The molecular weight excluding hydrogens is 300 g/mol. The lowest BCUT2D eigenvalue weighted by molar-refractivity contribution is 0.102. The van der Waals surface area contributed by atoms with Gasteiger partial charge in [0.25, 0.3) is 5.91 Å². The zero-order valence-corrected chi connectivity index (χ0v) is 13.4. The molecule has 1 heterocycles. The van der Waals surface area contributed by atoms with Crippen LogP contribution in [-0.4, -0.2) is 43.0 Å². The molecule has 0 saturated heterocycles. The van der Waals surface area contributed by atoms with Gasteiger partial charge in [0.1, 0.15) is 5.82 Å². The van der Waals surface area contributed by atoms with Gasteiger partial charge in [0.2, 0.25) is 0 Å². The molecule has 1 aromatic heterocycles. The smallest absolute Gasteiger partial charge is 0.256 e. The van der Waals surface area contributed by atoms with E-state index < -0.39 is 0 Å². The second-order valence-corrected chi connectivity index (χ2v) is 5.56. The third-order valence-electron chi connectivity index (χ3n) is 3.00. The second-order valence-electron chi connectivity index (χ2n) is 5.12. The van der Waals surface area contributed by atoms with Crippen molar-refractivity contribution < 1.29 is 4.79 Å². The van der Waals surface area contributed by atoms with Crippen LogP contribution in [0.1, 0.15) is 10.4 Å². The first kappa shape index (κ1) is 16.3. The van der Waals surface area contributed by atoms with E-state index in [1.807, 2.05) is 20.2 Å². The predicted octanol–water partition coefficient (Wildman–Crippen LogP) is 2.96. The minimum Gasteiger partial charge on any atom is -0.383 e. The quantitative estimate of drug-likeness (QED) is 0.859. The molecule has 0 aliphatic heterocycles. The van der Waals surface area contributed by atoms with Crippen molar-refractivity contribution in [3.8, 4) is 0 Å². The summed E-state index contributed by atoms with van der Waals surface area (Å²) in [6, 6.07) is 10.4. The highest BCUT2D eigenvalue weighted by Gasteiger charge is 2.06. The zero-order valence-electron chi connectivity index (χ0n) is 12.6. The molecule has 0 aliphatic carbocycles. The number of nitrogens with one attached hydrogen (secondary N) is 2. The number of halogens is 1. The molecule has 1 amide bonds. The number of hydrogen-bond acceptors (Lipinski definition) is 4.